The van der Waals surface area contributed by atoms with E-state index in [0.717, 1.165) is 56.1 Å². The number of aliphatic hydroxyl groups is 4. The van der Waals surface area contributed by atoms with Crippen LogP contribution < -0.4 is 10.4 Å². The number of carbonyl (C=O) groups excluding carboxylic acids is 2. The molecular weight excluding hydrogens is 1010 g/mol. The third-order valence-electron chi connectivity index (χ3n) is 19.3. The monoisotopic (exact) mass is 1080 g/mol. The van der Waals surface area contributed by atoms with E-state index in [-0.39, 0.29) is 103 Å². The second-order valence-corrected chi connectivity index (χ2v) is 23.5. The molecule has 2 bridgehead atoms. The van der Waals surface area contributed by atoms with Gasteiger partial charge in [0.15, 0.2) is 17.8 Å². The Morgan fingerprint density at radius 1 is 0.800 bits per heavy atom. The topological polar surface area (TPSA) is 182 Å². The highest BCUT2D eigenvalue weighted by atomic mass is 16.6. The first-order chi connectivity index (χ1) is 39.1. The Morgan fingerprint density at radius 3 is 2.41 bits per heavy atom. The maximum atomic E-state index is 15.7. The molecule has 4 N–H and O–H groups in total. The van der Waals surface area contributed by atoms with Crippen LogP contribution in [0.15, 0.2) is 142 Å². The minimum atomic E-state index is -1.36. The van der Waals surface area contributed by atoms with E-state index < -0.39 is 54.7 Å². The Balaban J connectivity index is 1.01. The molecule has 3 saturated carbocycles. The van der Waals surface area contributed by atoms with Gasteiger partial charge in [0.1, 0.15) is 18.1 Å². The van der Waals surface area contributed by atoms with Gasteiger partial charge in [-0.2, -0.15) is 0 Å². The van der Waals surface area contributed by atoms with Gasteiger partial charge >= 0.3 is 17.6 Å². The molecule has 12 heteroatoms. The van der Waals surface area contributed by atoms with E-state index in [1.165, 1.54) is 27.8 Å². The molecule has 3 fully saturated rings. The highest BCUT2D eigenvalue weighted by Gasteiger charge is 2.65. The van der Waals surface area contributed by atoms with Crippen molar-refractivity contribution < 1.29 is 53.4 Å². The minimum absolute atomic E-state index is 0.0198. The molecule has 13 rings (SSSR count). The van der Waals surface area contributed by atoms with Crippen molar-refractivity contribution in [1.29, 1.82) is 0 Å². The van der Waals surface area contributed by atoms with E-state index in [2.05, 4.69) is 109 Å². The number of allylic oxidation sites excluding steroid dienone is 1. The third kappa shape index (κ3) is 10.1. The largest absolute Gasteiger partial charge is 0.482 e. The Hall–Kier alpha value is -6.67. The van der Waals surface area contributed by atoms with Gasteiger partial charge in [-0.3, -0.25) is 4.79 Å². The van der Waals surface area contributed by atoms with Crippen LogP contribution in [0.5, 0.6) is 5.75 Å². The number of fused-ring (bicyclic) bond motifs is 17. The van der Waals surface area contributed by atoms with Crippen LogP contribution in [0.3, 0.4) is 0 Å². The maximum Gasteiger partial charge on any atom is 0.340 e. The van der Waals surface area contributed by atoms with Gasteiger partial charge in [-0.25, -0.2) is 9.59 Å². The second kappa shape index (κ2) is 23.1. The number of hydrogen-bond donors (Lipinski definition) is 4. The third-order valence-corrected chi connectivity index (χ3v) is 19.3. The average Bonchev–Trinajstić information content (AvgIpc) is 4.07. The summed E-state index contributed by atoms with van der Waals surface area (Å²) in [5.41, 5.74) is 7.64. The number of hydrogen-bond acceptors (Lipinski definition) is 12. The number of ether oxygens (including phenoxy) is 4. The summed E-state index contributed by atoms with van der Waals surface area (Å²) in [5.74, 6) is -1.24. The van der Waals surface area contributed by atoms with Gasteiger partial charge in [-0.1, -0.05) is 115 Å². The Labute approximate surface area is 467 Å². The zero-order chi connectivity index (χ0) is 55.1. The molecule has 7 aliphatic rings. The van der Waals surface area contributed by atoms with Gasteiger partial charge in [0.05, 0.1) is 25.4 Å². The van der Waals surface area contributed by atoms with Gasteiger partial charge in [0.25, 0.3) is 0 Å². The highest BCUT2D eigenvalue weighted by molar-refractivity contribution is 5.90. The maximum absolute atomic E-state index is 15.7. The quantitative estimate of drug-likeness (QED) is 0.0418. The van der Waals surface area contributed by atoms with Crippen LogP contribution in [0.4, 0.5) is 0 Å². The number of aliphatic hydroxyl groups excluding tert-OH is 4. The van der Waals surface area contributed by atoms with Crippen LogP contribution in [0.2, 0.25) is 0 Å². The lowest BCUT2D eigenvalue weighted by molar-refractivity contribution is -0.212. The molecule has 1 spiro atoms. The Morgan fingerprint density at radius 2 is 1.61 bits per heavy atom. The summed E-state index contributed by atoms with van der Waals surface area (Å²) in [6.07, 6.45) is 9.03. The summed E-state index contributed by atoms with van der Waals surface area (Å²) in [7, 11) is 0. The average molecular weight is 1080 g/mol. The van der Waals surface area contributed by atoms with Crippen molar-refractivity contribution in [3.8, 4) is 5.75 Å². The van der Waals surface area contributed by atoms with Crippen LogP contribution in [-0.2, 0) is 43.2 Å². The van der Waals surface area contributed by atoms with Crippen LogP contribution in [-0.4, -0.2) is 70.7 Å². The highest BCUT2D eigenvalue weighted by Crippen LogP contribution is 2.64. The fourth-order valence-corrected chi connectivity index (χ4v) is 15.5. The minimum Gasteiger partial charge on any atom is -0.482 e. The Kier molecular flexibility index (Phi) is 15.5. The van der Waals surface area contributed by atoms with E-state index in [0.29, 0.717) is 35.1 Å². The molecule has 11 atom stereocenters. The molecule has 11 unspecified atom stereocenters. The van der Waals surface area contributed by atoms with Gasteiger partial charge in [0, 0.05) is 41.4 Å². The molecule has 0 amide bonds. The van der Waals surface area contributed by atoms with E-state index in [1.54, 1.807) is 19.1 Å². The van der Waals surface area contributed by atoms with Crippen molar-refractivity contribution >= 4 is 29.0 Å². The lowest BCUT2D eigenvalue weighted by atomic mass is 9.63. The molecule has 0 saturated heterocycles. The number of esters is 2. The van der Waals surface area contributed by atoms with Crippen molar-refractivity contribution in [2.24, 2.45) is 23.7 Å². The first-order valence-corrected chi connectivity index (χ1v) is 29.0. The van der Waals surface area contributed by atoms with Gasteiger partial charge in [0.2, 0.25) is 0 Å². The van der Waals surface area contributed by atoms with Gasteiger partial charge < -0.3 is 43.8 Å². The lowest BCUT2D eigenvalue weighted by Gasteiger charge is -2.53. The first kappa shape index (κ1) is 53.9. The number of rotatable bonds is 11. The molecule has 12 nitrogen and oxygen atoms in total. The molecule has 416 valence electrons. The fraction of sp³-hybridized carbons (Fsp3) is 0.426. The van der Waals surface area contributed by atoms with E-state index >= 15 is 9.59 Å². The summed E-state index contributed by atoms with van der Waals surface area (Å²) in [5, 5.41) is 42.1. The molecule has 6 aromatic rings. The molecule has 80 heavy (non-hydrogen) atoms. The first-order valence-electron chi connectivity index (χ1n) is 29.0. The normalized spacial score (nSPS) is 28.1. The van der Waals surface area contributed by atoms with Crippen LogP contribution >= 0.6 is 0 Å². The Bertz CT molecular complexity index is 3380. The molecular formula is C68H72O12. The molecule has 3 aliphatic heterocycles. The van der Waals surface area contributed by atoms with Crippen LogP contribution in [0, 0.1) is 23.7 Å². The molecule has 4 aliphatic carbocycles. The standard InChI is InChI=1S/C68H72O12/c1-40(36-70)50-23-18-41-16-19-45(20-17-41)51-24-22-47(46-13-7-11-43(32-46)31-42-9-3-2-4-10-42)33-49(51)34-60(73)77-64-62-59(27-26-55-57(37-71)61(67(75)78-63(55)62)48(28-30-69)38-76-39-72)80-68(65(64)79-66(50)74)29-8-15-54-53-25-21-44-12-5-6-14-52(44)56(53)35-58(54)68/h2-7,9-14,16-17,19-21,25-27,32,47-49,51,53-54,56,58,64-65,69-72H,8,15,18,22-24,28-31,33-39H2,1H3. The van der Waals surface area contributed by atoms with E-state index in [4.69, 9.17) is 23.4 Å². The predicted molar refractivity (Wildman–Crippen MR) is 303 cm³/mol. The zero-order valence-corrected chi connectivity index (χ0v) is 45.5. The van der Waals surface area contributed by atoms with Gasteiger partial charge in [-0.05, 0) is 175 Å². The van der Waals surface area contributed by atoms with Gasteiger partial charge in [-0.15, -0.1) is 0 Å². The van der Waals surface area contributed by atoms with Crippen molar-refractivity contribution in [2.75, 3.05) is 26.6 Å². The summed E-state index contributed by atoms with van der Waals surface area (Å²) in [4.78, 5) is 45.8. The van der Waals surface area contributed by atoms with Crippen molar-refractivity contribution in [3.63, 3.8) is 0 Å². The van der Waals surface area contributed by atoms with E-state index in [1.807, 2.05) is 6.07 Å². The summed E-state index contributed by atoms with van der Waals surface area (Å²) >= 11 is 0. The molecule has 0 radical (unpaired) electrons. The summed E-state index contributed by atoms with van der Waals surface area (Å²) in [6.45, 7) is -0.288. The number of carbonyl (C=O) groups is 2. The smallest absolute Gasteiger partial charge is 0.340 e. The fourth-order valence-electron chi connectivity index (χ4n) is 15.5. The van der Waals surface area contributed by atoms with Crippen molar-refractivity contribution in [3.05, 3.63) is 199 Å². The molecule has 4 heterocycles. The number of aryl methyl sites for hydroxylation is 1. The second-order valence-electron chi connectivity index (χ2n) is 23.5. The molecule has 1 aromatic heterocycles. The van der Waals surface area contributed by atoms with E-state index in [9.17, 15) is 25.2 Å². The molecule has 5 aromatic carbocycles. The van der Waals surface area contributed by atoms with Crippen LogP contribution in [0.1, 0.15) is 157 Å². The van der Waals surface area contributed by atoms with Crippen molar-refractivity contribution in [1.82, 2.24) is 0 Å². The van der Waals surface area contributed by atoms with Crippen molar-refractivity contribution in [2.45, 2.75) is 132 Å². The van der Waals surface area contributed by atoms with Crippen LogP contribution in [0.25, 0.3) is 17.0 Å². The SMILES string of the molecule is CC(CO)=C1CCc2ccc(cc2)C2CCC(c3cccc(Cc4ccccc4)c3)CC2CC(=O)OC2c3c(ccc4c(CO)c(C(CCO)COCO)c(=O)oc34)OC3(CCCC4C5C=Cc6ccccc6C5CC43)C2OC1=O. The summed E-state index contributed by atoms with van der Waals surface area (Å²) in [6, 6.07) is 39.9. The summed E-state index contributed by atoms with van der Waals surface area (Å²) < 4.78 is 33.6. The predicted octanol–water partition coefficient (Wildman–Crippen LogP) is 11.2. The lowest BCUT2D eigenvalue weighted by Crippen LogP contribution is -2.62. The zero-order valence-electron chi connectivity index (χ0n) is 45.5. The number of benzene rings is 5.